The highest BCUT2D eigenvalue weighted by Crippen LogP contribution is 2.15. The minimum absolute atomic E-state index is 0.0692. The Hall–Kier alpha value is -2.30. The molecule has 2 aromatic rings. The van der Waals surface area contributed by atoms with E-state index in [1.165, 1.54) is 0 Å². The predicted octanol–water partition coefficient (Wildman–Crippen LogP) is 2.20. The third-order valence-electron chi connectivity index (χ3n) is 2.82. The van der Waals surface area contributed by atoms with E-state index < -0.39 is 0 Å². The summed E-state index contributed by atoms with van der Waals surface area (Å²) in [5.74, 6) is 0.805. The molecule has 0 bridgehead atoms. The normalized spacial score (nSPS) is 10.6. The summed E-state index contributed by atoms with van der Waals surface area (Å²) in [6, 6.07) is 7.82. The van der Waals surface area contributed by atoms with Crippen molar-refractivity contribution in [2.24, 2.45) is 0 Å². The van der Waals surface area contributed by atoms with Crippen LogP contribution in [0.25, 0.3) is 0 Å². The summed E-state index contributed by atoms with van der Waals surface area (Å²) < 4.78 is 0. The number of benzene rings is 1. The van der Waals surface area contributed by atoms with Crippen LogP contribution in [0.15, 0.2) is 36.7 Å². The van der Waals surface area contributed by atoms with E-state index in [2.05, 4.69) is 20.6 Å². The number of aromatic amines is 1. The van der Waals surface area contributed by atoms with Gasteiger partial charge in [-0.2, -0.15) is 0 Å². The molecule has 5 heteroatoms. The van der Waals surface area contributed by atoms with Crippen molar-refractivity contribution < 1.29 is 4.79 Å². The molecule has 106 valence electrons. The van der Waals surface area contributed by atoms with Crippen molar-refractivity contribution >= 4 is 11.6 Å². The lowest BCUT2D eigenvalue weighted by atomic mass is 10.1. The molecule has 3 N–H and O–H groups in total. The highest BCUT2D eigenvalue weighted by Gasteiger charge is 2.11. The average molecular weight is 272 g/mol. The fourth-order valence-electron chi connectivity index (χ4n) is 1.94. The van der Waals surface area contributed by atoms with Crippen LogP contribution in [0.1, 0.15) is 30.0 Å². The van der Waals surface area contributed by atoms with Gasteiger partial charge in [-0.05, 0) is 26.0 Å². The Morgan fingerprint density at radius 1 is 1.35 bits per heavy atom. The van der Waals surface area contributed by atoms with E-state index in [9.17, 15) is 4.79 Å². The largest absolute Gasteiger partial charge is 0.382 e. The standard InChI is InChI=1S/C15H20N4O/c1-11(2)19-13-6-4-3-5-12(13)15(20)18-8-7-14-16-9-10-17-14/h3-6,9-11,19H,7-8H2,1-2H3,(H,16,17)(H,18,20). The smallest absolute Gasteiger partial charge is 0.253 e. The van der Waals surface area contributed by atoms with Crippen LogP contribution in [0.5, 0.6) is 0 Å². The summed E-state index contributed by atoms with van der Waals surface area (Å²) >= 11 is 0. The van der Waals surface area contributed by atoms with Gasteiger partial charge in [0, 0.05) is 37.1 Å². The average Bonchev–Trinajstić information content (AvgIpc) is 2.91. The molecule has 1 aromatic carbocycles. The van der Waals surface area contributed by atoms with Crippen molar-refractivity contribution in [1.29, 1.82) is 0 Å². The van der Waals surface area contributed by atoms with Gasteiger partial charge in [0.05, 0.1) is 5.56 Å². The number of rotatable bonds is 6. The van der Waals surface area contributed by atoms with Gasteiger partial charge in [0.2, 0.25) is 0 Å². The molecular formula is C15H20N4O. The molecule has 2 rings (SSSR count). The van der Waals surface area contributed by atoms with Crippen LogP contribution in [0.4, 0.5) is 5.69 Å². The second-order valence-electron chi connectivity index (χ2n) is 4.89. The molecule has 0 aliphatic carbocycles. The first kappa shape index (κ1) is 14.1. The zero-order valence-corrected chi connectivity index (χ0v) is 11.8. The van der Waals surface area contributed by atoms with Crippen molar-refractivity contribution in [1.82, 2.24) is 15.3 Å². The number of carbonyl (C=O) groups is 1. The van der Waals surface area contributed by atoms with Crippen molar-refractivity contribution in [2.45, 2.75) is 26.3 Å². The summed E-state index contributed by atoms with van der Waals surface area (Å²) in [7, 11) is 0. The van der Waals surface area contributed by atoms with Gasteiger partial charge in [-0.3, -0.25) is 4.79 Å². The molecule has 1 aromatic heterocycles. The van der Waals surface area contributed by atoms with Crippen LogP contribution in [0.2, 0.25) is 0 Å². The Labute approximate surface area is 118 Å². The van der Waals surface area contributed by atoms with E-state index in [1.54, 1.807) is 12.4 Å². The zero-order valence-electron chi connectivity index (χ0n) is 11.8. The van der Waals surface area contributed by atoms with Crippen LogP contribution in [0.3, 0.4) is 0 Å². The number of H-pyrrole nitrogens is 1. The predicted molar refractivity (Wildman–Crippen MR) is 79.8 cm³/mol. The molecule has 0 spiro atoms. The van der Waals surface area contributed by atoms with Gasteiger partial charge in [-0.25, -0.2) is 4.98 Å². The molecular weight excluding hydrogens is 252 g/mol. The van der Waals surface area contributed by atoms with Gasteiger partial charge in [0.1, 0.15) is 5.82 Å². The maximum Gasteiger partial charge on any atom is 0.253 e. The maximum atomic E-state index is 12.2. The Balaban J connectivity index is 1.94. The van der Waals surface area contributed by atoms with E-state index in [-0.39, 0.29) is 11.9 Å². The van der Waals surface area contributed by atoms with E-state index in [4.69, 9.17) is 0 Å². The molecule has 0 saturated carbocycles. The Kier molecular flexibility index (Phi) is 4.76. The van der Waals surface area contributed by atoms with Crippen molar-refractivity contribution in [2.75, 3.05) is 11.9 Å². The number of hydrogen-bond acceptors (Lipinski definition) is 3. The van der Waals surface area contributed by atoms with Gasteiger partial charge >= 0.3 is 0 Å². The summed E-state index contributed by atoms with van der Waals surface area (Å²) in [6.45, 7) is 4.65. The first-order valence-electron chi connectivity index (χ1n) is 6.79. The minimum Gasteiger partial charge on any atom is -0.382 e. The lowest BCUT2D eigenvalue weighted by Gasteiger charge is -2.14. The molecule has 5 nitrogen and oxygen atoms in total. The van der Waals surface area contributed by atoms with Crippen LogP contribution < -0.4 is 10.6 Å². The number of hydrogen-bond donors (Lipinski definition) is 3. The molecule has 0 fully saturated rings. The summed E-state index contributed by atoms with van der Waals surface area (Å²) in [4.78, 5) is 19.3. The maximum absolute atomic E-state index is 12.2. The SMILES string of the molecule is CC(C)Nc1ccccc1C(=O)NCCc1ncc[nH]1. The van der Waals surface area contributed by atoms with E-state index in [1.807, 2.05) is 38.1 Å². The fraction of sp³-hybridized carbons (Fsp3) is 0.333. The van der Waals surface area contributed by atoms with Gasteiger partial charge in [-0.1, -0.05) is 12.1 Å². The van der Waals surface area contributed by atoms with Gasteiger partial charge in [0.15, 0.2) is 0 Å². The highest BCUT2D eigenvalue weighted by atomic mass is 16.1. The number of amides is 1. The zero-order chi connectivity index (χ0) is 14.4. The van der Waals surface area contributed by atoms with Crippen molar-refractivity contribution in [3.63, 3.8) is 0 Å². The summed E-state index contributed by atoms with van der Waals surface area (Å²) in [6.07, 6.45) is 4.18. The molecule has 1 amide bonds. The van der Waals surface area contributed by atoms with Gasteiger partial charge < -0.3 is 15.6 Å². The quantitative estimate of drug-likeness (QED) is 0.755. The lowest BCUT2D eigenvalue weighted by molar-refractivity contribution is 0.0955. The third-order valence-corrected chi connectivity index (χ3v) is 2.82. The molecule has 0 aliphatic heterocycles. The number of nitrogens with one attached hydrogen (secondary N) is 3. The second kappa shape index (κ2) is 6.75. The van der Waals surface area contributed by atoms with E-state index >= 15 is 0 Å². The summed E-state index contributed by atoms with van der Waals surface area (Å²) in [5, 5.41) is 6.19. The molecule has 0 aliphatic rings. The molecule has 0 radical (unpaired) electrons. The van der Waals surface area contributed by atoms with Crippen LogP contribution in [0, 0.1) is 0 Å². The van der Waals surface area contributed by atoms with Crippen LogP contribution in [-0.4, -0.2) is 28.5 Å². The Morgan fingerprint density at radius 3 is 2.85 bits per heavy atom. The molecule has 0 atom stereocenters. The first-order valence-corrected chi connectivity index (χ1v) is 6.79. The molecule has 20 heavy (non-hydrogen) atoms. The number of anilines is 1. The number of nitrogens with zero attached hydrogens (tertiary/aromatic N) is 1. The Bertz CT molecular complexity index is 549. The van der Waals surface area contributed by atoms with E-state index in [0.717, 1.165) is 11.5 Å². The van der Waals surface area contributed by atoms with Gasteiger partial charge in [0.25, 0.3) is 5.91 Å². The lowest BCUT2D eigenvalue weighted by Crippen LogP contribution is -2.27. The minimum atomic E-state index is -0.0692. The number of carbonyl (C=O) groups excluding carboxylic acids is 1. The third kappa shape index (κ3) is 3.85. The number of imidazole rings is 1. The Morgan fingerprint density at radius 2 is 2.15 bits per heavy atom. The second-order valence-corrected chi connectivity index (χ2v) is 4.89. The van der Waals surface area contributed by atoms with E-state index in [0.29, 0.717) is 18.5 Å². The van der Waals surface area contributed by atoms with Crippen LogP contribution in [-0.2, 0) is 6.42 Å². The molecule has 0 unspecified atom stereocenters. The van der Waals surface area contributed by atoms with Crippen LogP contribution >= 0.6 is 0 Å². The van der Waals surface area contributed by atoms with Crippen molar-refractivity contribution in [3.8, 4) is 0 Å². The first-order chi connectivity index (χ1) is 9.66. The fourth-order valence-corrected chi connectivity index (χ4v) is 1.94. The summed E-state index contributed by atoms with van der Waals surface area (Å²) in [5.41, 5.74) is 1.53. The number of aromatic nitrogens is 2. The van der Waals surface area contributed by atoms with Crippen molar-refractivity contribution in [3.05, 3.63) is 48.0 Å². The number of para-hydroxylation sites is 1. The molecule has 0 saturated heterocycles. The topological polar surface area (TPSA) is 69.8 Å². The highest BCUT2D eigenvalue weighted by molar-refractivity contribution is 5.99. The monoisotopic (exact) mass is 272 g/mol. The van der Waals surface area contributed by atoms with Gasteiger partial charge in [-0.15, -0.1) is 0 Å². The molecule has 1 heterocycles.